The molecule has 0 unspecified atom stereocenters. The number of amides is 1. The standard InChI is InChI=1S/C27H35N3O2/c1-3-4-5-6-7-8-11-18-29-25-13-10-9-12-24(25)28-27(29)21-19-26(31)30(20-21)22-14-16-23(32-2)17-15-22/h9-10,12-17,21H,3-8,11,18-20H2,1-2H3/t21-/m1/s1. The second-order valence-electron chi connectivity index (χ2n) is 8.84. The number of carbonyl (C=O) groups excluding carboxylic acids is 1. The van der Waals surface area contributed by atoms with Crippen molar-refractivity contribution in [3.05, 3.63) is 54.4 Å². The molecule has 1 aliphatic rings. The molecular weight excluding hydrogens is 398 g/mol. The molecule has 1 amide bonds. The Hall–Kier alpha value is -2.82. The van der Waals surface area contributed by atoms with Gasteiger partial charge in [0.25, 0.3) is 0 Å². The molecule has 2 aromatic carbocycles. The molecule has 0 saturated carbocycles. The molecule has 0 N–H and O–H groups in total. The molecule has 170 valence electrons. The van der Waals surface area contributed by atoms with Gasteiger partial charge in [0.1, 0.15) is 11.6 Å². The molecule has 0 bridgehead atoms. The van der Waals surface area contributed by atoms with Crippen molar-refractivity contribution in [2.24, 2.45) is 0 Å². The first-order valence-electron chi connectivity index (χ1n) is 12.1. The summed E-state index contributed by atoms with van der Waals surface area (Å²) in [6.45, 7) is 3.90. The number of unbranched alkanes of at least 4 members (excludes halogenated alkanes) is 6. The lowest BCUT2D eigenvalue weighted by molar-refractivity contribution is -0.117. The van der Waals surface area contributed by atoms with Crippen molar-refractivity contribution in [2.75, 3.05) is 18.6 Å². The summed E-state index contributed by atoms with van der Waals surface area (Å²) in [4.78, 5) is 19.8. The number of hydrogen-bond donors (Lipinski definition) is 0. The first-order chi connectivity index (χ1) is 15.7. The van der Waals surface area contributed by atoms with E-state index >= 15 is 0 Å². The van der Waals surface area contributed by atoms with Crippen LogP contribution in [0.5, 0.6) is 5.75 Å². The minimum atomic E-state index is 0.113. The molecule has 32 heavy (non-hydrogen) atoms. The number of fused-ring (bicyclic) bond motifs is 1. The Morgan fingerprint density at radius 3 is 2.44 bits per heavy atom. The molecule has 1 aromatic heterocycles. The number of aryl methyl sites for hydroxylation is 1. The zero-order valence-corrected chi connectivity index (χ0v) is 19.4. The van der Waals surface area contributed by atoms with Crippen molar-refractivity contribution in [2.45, 2.75) is 70.8 Å². The number of nitrogens with zero attached hydrogens (tertiary/aromatic N) is 3. The Labute approximate surface area is 191 Å². The number of para-hydroxylation sites is 2. The van der Waals surface area contributed by atoms with Crippen molar-refractivity contribution in [1.82, 2.24) is 9.55 Å². The highest BCUT2D eigenvalue weighted by atomic mass is 16.5. The Bertz CT molecular complexity index is 1030. The van der Waals surface area contributed by atoms with E-state index in [0.29, 0.717) is 13.0 Å². The highest BCUT2D eigenvalue weighted by molar-refractivity contribution is 5.96. The number of aromatic nitrogens is 2. The van der Waals surface area contributed by atoms with Crippen LogP contribution in [0.25, 0.3) is 11.0 Å². The summed E-state index contributed by atoms with van der Waals surface area (Å²) in [5, 5.41) is 0. The maximum atomic E-state index is 12.9. The number of methoxy groups -OCH3 is 1. The Kier molecular flexibility index (Phi) is 7.46. The van der Waals surface area contributed by atoms with Gasteiger partial charge in [0, 0.05) is 31.1 Å². The Morgan fingerprint density at radius 1 is 0.969 bits per heavy atom. The third kappa shape index (κ3) is 4.98. The topological polar surface area (TPSA) is 47.4 Å². The number of carbonyl (C=O) groups is 1. The lowest BCUT2D eigenvalue weighted by Gasteiger charge is -2.18. The van der Waals surface area contributed by atoms with E-state index in [-0.39, 0.29) is 11.8 Å². The molecule has 5 nitrogen and oxygen atoms in total. The van der Waals surface area contributed by atoms with Crippen molar-refractivity contribution < 1.29 is 9.53 Å². The maximum absolute atomic E-state index is 12.9. The van der Waals surface area contributed by atoms with E-state index in [1.165, 1.54) is 44.0 Å². The van der Waals surface area contributed by atoms with E-state index in [1.54, 1.807) is 7.11 Å². The summed E-state index contributed by atoms with van der Waals surface area (Å²) in [5.41, 5.74) is 3.14. The van der Waals surface area contributed by atoms with Gasteiger partial charge in [-0.05, 0) is 42.8 Å². The Balaban J connectivity index is 1.48. The van der Waals surface area contributed by atoms with Gasteiger partial charge in [-0.15, -0.1) is 0 Å². The van der Waals surface area contributed by atoms with Crippen LogP contribution >= 0.6 is 0 Å². The quantitative estimate of drug-likeness (QED) is 0.333. The highest BCUT2D eigenvalue weighted by Crippen LogP contribution is 2.34. The fraction of sp³-hybridized carbons (Fsp3) is 0.481. The summed E-state index contributed by atoms with van der Waals surface area (Å²) < 4.78 is 7.63. The van der Waals surface area contributed by atoms with Gasteiger partial charge in [0.05, 0.1) is 18.1 Å². The molecule has 1 aliphatic heterocycles. The van der Waals surface area contributed by atoms with Crippen LogP contribution in [0.15, 0.2) is 48.5 Å². The van der Waals surface area contributed by atoms with Crippen LogP contribution in [-0.4, -0.2) is 29.1 Å². The summed E-state index contributed by atoms with van der Waals surface area (Å²) >= 11 is 0. The monoisotopic (exact) mass is 433 g/mol. The molecule has 1 fully saturated rings. The van der Waals surface area contributed by atoms with Crippen LogP contribution in [0, 0.1) is 0 Å². The number of imidazole rings is 1. The average molecular weight is 434 g/mol. The van der Waals surface area contributed by atoms with Crippen LogP contribution < -0.4 is 9.64 Å². The molecule has 1 saturated heterocycles. The molecule has 5 heteroatoms. The fourth-order valence-corrected chi connectivity index (χ4v) is 4.76. The lowest BCUT2D eigenvalue weighted by atomic mass is 10.1. The van der Waals surface area contributed by atoms with E-state index in [2.05, 4.69) is 29.7 Å². The van der Waals surface area contributed by atoms with Crippen LogP contribution in [0.1, 0.15) is 70.0 Å². The van der Waals surface area contributed by atoms with Crippen molar-refractivity contribution in [3.8, 4) is 5.75 Å². The number of rotatable bonds is 11. The molecule has 2 heterocycles. The summed E-state index contributed by atoms with van der Waals surface area (Å²) in [5.74, 6) is 2.13. The van der Waals surface area contributed by atoms with Crippen LogP contribution in [0.3, 0.4) is 0 Å². The summed E-state index contributed by atoms with van der Waals surface area (Å²) in [7, 11) is 1.65. The zero-order valence-electron chi connectivity index (χ0n) is 19.4. The summed E-state index contributed by atoms with van der Waals surface area (Å²) in [6, 6.07) is 16.1. The van der Waals surface area contributed by atoms with Gasteiger partial charge in [0.15, 0.2) is 0 Å². The molecule has 4 rings (SSSR count). The molecule has 1 atom stereocenters. The second kappa shape index (κ2) is 10.7. The van der Waals surface area contributed by atoms with Gasteiger partial charge in [-0.1, -0.05) is 57.6 Å². The second-order valence-corrected chi connectivity index (χ2v) is 8.84. The molecule has 0 spiro atoms. The maximum Gasteiger partial charge on any atom is 0.227 e. The smallest absolute Gasteiger partial charge is 0.227 e. The largest absolute Gasteiger partial charge is 0.497 e. The lowest BCUT2D eigenvalue weighted by Crippen LogP contribution is -2.24. The highest BCUT2D eigenvalue weighted by Gasteiger charge is 2.34. The number of hydrogen-bond acceptors (Lipinski definition) is 3. The average Bonchev–Trinajstić information content (AvgIpc) is 3.39. The SMILES string of the molecule is CCCCCCCCCn1c([C@@H]2CC(=O)N(c3ccc(OC)cc3)C2)nc2ccccc21. The van der Waals surface area contributed by atoms with Crippen molar-refractivity contribution in [1.29, 1.82) is 0 Å². The van der Waals surface area contributed by atoms with Crippen LogP contribution in [-0.2, 0) is 11.3 Å². The van der Waals surface area contributed by atoms with Crippen LogP contribution in [0.2, 0.25) is 0 Å². The normalized spacial score (nSPS) is 16.2. The van der Waals surface area contributed by atoms with E-state index in [4.69, 9.17) is 9.72 Å². The summed E-state index contributed by atoms with van der Waals surface area (Å²) in [6.07, 6.45) is 9.52. The first-order valence-corrected chi connectivity index (χ1v) is 12.1. The number of anilines is 1. The van der Waals surface area contributed by atoms with E-state index in [1.807, 2.05) is 35.2 Å². The Morgan fingerprint density at radius 2 is 1.69 bits per heavy atom. The van der Waals surface area contributed by atoms with E-state index in [0.717, 1.165) is 35.7 Å². The van der Waals surface area contributed by atoms with Crippen molar-refractivity contribution in [3.63, 3.8) is 0 Å². The van der Waals surface area contributed by atoms with Gasteiger partial charge in [-0.2, -0.15) is 0 Å². The first kappa shape index (κ1) is 22.4. The van der Waals surface area contributed by atoms with E-state index < -0.39 is 0 Å². The van der Waals surface area contributed by atoms with Crippen molar-refractivity contribution >= 4 is 22.6 Å². The number of benzene rings is 2. The minimum absolute atomic E-state index is 0.113. The van der Waals surface area contributed by atoms with Gasteiger partial charge in [0.2, 0.25) is 5.91 Å². The minimum Gasteiger partial charge on any atom is -0.497 e. The van der Waals surface area contributed by atoms with Gasteiger partial charge < -0.3 is 14.2 Å². The molecule has 3 aromatic rings. The third-order valence-electron chi connectivity index (χ3n) is 6.54. The molecule has 0 radical (unpaired) electrons. The van der Waals surface area contributed by atoms with Gasteiger partial charge in [-0.3, -0.25) is 4.79 Å². The third-order valence-corrected chi connectivity index (χ3v) is 6.54. The van der Waals surface area contributed by atoms with E-state index in [9.17, 15) is 4.79 Å². The zero-order chi connectivity index (χ0) is 22.3. The van der Waals surface area contributed by atoms with Gasteiger partial charge >= 0.3 is 0 Å². The van der Waals surface area contributed by atoms with Crippen LogP contribution in [0.4, 0.5) is 5.69 Å². The predicted molar refractivity (Wildman–Crippen MR) is 130 cm³/mol. The van der Waals surface area contributed by atoms with Gasteiger partial charge in [-0.25, -0.2) is 4.98 Å². The predicted octanol–water partition coefficient (Wildman–Crippen LogP) is 6.32. The number of ether oxygens (including phenoxy) is 1. The fourth-order valence-electron chi connectivity index (χ4n) is 4.76. The molecular formula is C27H35N3O2. The molecule has 0 aliphatic carbocycles.